The van der Waals surface area contributed by atoms with Crippen LogP contribution in [-0.4, -0.2) is 78.5 Å². The number of hydrogen-bond donors (Lipinski definition) is 2. The molecule has 0 aliphatic rings. The van der Waals surface area contributed by atoms with Crippen molar-refractivity contribution < 1.29 is 0 Å². The first kappa shape index (κ1) is 86.1. The van der Waals surface area contributed by atoms with E-state index in [1.165, 1.54) is 45.4 Å². The van der Waals surface area contributed by atoms with Crippen LogP contribution in [0.25, 0.3) is 0 Å². The van der Waals surface area contributed by atoms with Gasteiger partial charge in [0.05, 0.1) is 5.69 Å². The van der Waals surface area contributed by atoms with Crippen LogP contribution in [0.5, 0.6) is 0 Å². The number of nitrogens with zero attached hydrogens (tertiary/aromatic N) is 14. The summed E-state index contributed by atoms with van der Waals surface area (Å²) in [7, 11) is 6.19. The molecule has 8 heterocycles. The van der Waals surface area contributed by atoms with Gasteiger partial charge in [0.2, 0.25) is 0 Å². The number of imidazole rings is 3. The van der Waals surface area contributed by atoms with Gasteiger partial charge in [-0.15, -0.1) is 10.2 Å². The monoisotopic (exact) mass is 1310 g/mol. The summed E-state index contributed by atoms with van der Waals surface area (Å²) in [5.74, 6) is 15.8. The van der Waals surface area contributed by atoms with E-state index in [-0.39, 0.29) is 11.6 Å². The largest absolute Gasteiger partial charge is 0.345 e. The predicted molar refractivity (Wildman–Crippen MR) is 401 cm³/mol. The lowest BCUT2D eigenvalue weighted by atomic mass is 9.99. The van der Waals surface area contributed by atoms with E-state index in [4.69, 9.17) is 0 Å². The van der Waals surface area contributed by atoms with Gasteiger partial charge in [-0.05, 0) is 78.0 Å². The van der Waals surface area contributed by atoms with E-state index in [0.717, 1.165) is 40.5 Å². The minimum absolute atomic E-state index is 0.146. The predicted octanol–water partition coefficient (Wildman–Crippen LogP) is 20.7. The quantitative estimate of drug-likeness (QED) is 0.0933. The minimum Gasteiger partial charge on any atom is -0.345 e. The molecule has 17 heteroatoms. The second-order valence-electron chi connectivity index (χ2n) is 30.0. The smallest absolute Gasteiger partial charge is 0.254 e. The van der Waals surface area contributed by atoms with E-state index < -0.39 is 0 Å². The second kappa shape index (κ2) is 41.9. The number of nitrogens with one attached hydrogen (secondary N) is 2. The first-order chi connectivity index (χ1) is 44.1. The van der Waals surface area contributed by atoms with Crippen molar-refractivity contribution in [2.45, 2.75) is 316 Å². The highest BCUT2D eigenvalue weighted by Gasteiger charge is 2.16. The molecule has 8 aromatic rings. The molecule has 0 amide bonds. The molecule has 0 aromatic carbocycles. The summed E-state index contributed by atoms with van der Waals surface area (Å²) in [5, 5.41) is 15.3. The van der Waals surface area contributed by atoms with Gasteiger partial charge < -0.3 is 23.3 Å². The van der Waals surface area contributed by atoms with E-state index in [1.807, 2.05) is 90.3 Å². The molecule has 0 fully saturated rings. The summed E-state index contributed by atoms with van der Waals surface area (Å²) < 4.78 is 8.19. The van der Waals surface area contributed by atoms with Gasteiger partial charge in [-0.2, -0.15) is 5.10 Å². The normalized spacial score (nSPS) is 11.4. The standard InChI is InChI=1S/C11H17NO.C11H17N.2C10H18N2.C10H16N2.C9H17N3.C9H16N2.C8H15N3/c1-8(2)10-6-5-7-12(9(3)4)11(10)13;1-8(2)10-5-11(9(3)4)7-12-6-10;1-7(2)9-6-12(5)10(11-9)8(3)4;1-7(2)9-6-11-10(8(3)4)12(9)5;1-7(2)9-5-11-10(8(3)4)12-6-9;1-6(2)8-10-11-9(7(3)4)12(8)5;1-6(2)8-5-10-9(11-8)7(3)4;1-5(2)7-9-8(6(3)4)11-10-7/h5-9H,1-4H3;5-9H,1-4H3;2*6-8H,1-5H3;5-8H,1-4H3;6-7H,1-5H3;5-7H,1-4H3,(H,10,11);5-6H,1-4H3,(H,9,10,11). The lowest BCUT2D eigenvalue weighted by molar-refractivity contribution is 0.569. The molecule has 0 bridgehead atoms. The molecule has 0 aliphatic carbocycles. The molecule has 0 spiro atoms. The maximum absolute atomic E-state index is 11.8. The number of aromatic nitrogens is 16. The molecule has 0 radical (unpaired) electrons. The van der Waals surface area contributed by atoms with E-state index in [0.29, 0.717) is 88.8 Å². The molecule has 0 unspecified atom stereocenters. The molecule has 532 valence electrons. The molecule has 0 aliphatic heterocycles. The van der Waals surface area contributed by atoms with Gasteiger partial charge >= 0.3 is 0 Å². The van der Waals surface area contributed by atoms with Crippen LogP contribution < -0.4 is 5.56 Å². The van der Waals surface area contributed by atoms with E-state index in [9.17, 15) is 4.79 Å². The first-order valence-electron chi connectivity index (χ1n) is 35.5. The summed E-state index contributed by atoms with van der Waals surface area (Å²) in [4.78, 5) is 45.5. The number of aryl methyl sites for hydroxylation is 1. The molecule has 8 aromatic heterocycles. The van der Waals surface area contributed by atoms with Crippen LogP contribution in [0, 0.1) is 0 Å². The summed E-state index contributed by atoms with van der Waals surface area (Å²) >= 11 is 0. The Kier molecular flexibility index (Phi) is 38.0. The molecule has 95 heavy (non-hydrogen) atoms. The van der Waals surface area contributed by atoms with Gasteiger partial charge in [-0.25, -0.2) is 29.9 Å². The number of rotatable bonds is 16. The fourth-order valence-electron chi connectivity index (χ4n) is 9.36. The zero-order valence-electron chi connectivity index (χ0n) is 66.3. The Balaban J connectivity index is 0.000000543. The van der Waals surface area contributed by atoms with Crippen LogP contribution in [0.4, 0.5) is 0 Å². The molecule has 0 saturated carbocycles. The van der Waals surface area contributed by atoms with Crippen LogP contribution in [0.2, 0.25) is 0 Å². The summed E-state index contributed by atoms with van der Waals surface area (Å²) in [6, 6.07) is 6.34. The Morgan fingerprint density at radius 2 is 0.884 bits per heavy atom. The number of H-pyrrole nitrogens is 2. The average Bonchev–Trinajstić information content (AvgIpc) is 1.80. The molecular weight excluding hydrogens is 1180 g/mol. The van der Waals surface area contributed by atoms with Gasteiger partial charge in [-0.1, -0.05) is 220 Å². The van der Waals surface area contributed by atoms with Crippen molar-refractivity contribution in [2.24, 2.45) is 21.1 Å². The first-order valence-corrected chi connectivity index (χ1v) is 35.5. The summed E-state index contributed by atoms with van der Waals surface area (Å²) in [6.07, 6.45) is 15.6. The molecule has 2 N–H and O–H groups in total. The zero-order chi connectivity index (χ0) is 73.0. The molecular formula is C78H134N16O. The SMILES string of the molecule is CC(C)c1cccn(C(C)C)c1=O.CC(C)c1cn(C)c(C(C)C)n1.CC(C)c1cnc(C(C)C)[nH]1.CC(C)c1cnc(C(C)C)n1C.CC(C)c1cnc(C(C)C)nc1.CC(C)c1cncc(C(C)C)c1.CC(C)c1n[nH]c(C(C)C)n1.CC(C)c1nnc(C(C)C)n1C. The van der Waals surface area contributed by atoms with E-state index in [1.54, 1.807) is 4.57 Å². The van der Waals surface area contributed by atoms with Crippen molar-refractivity contribution in [2.75, 3.05) is 0 Å². The zero-order valence-corrected chi connectivity index (χ0v) is 66.3. The number of pyridine rings is 2. The molecule has 0 atom stereocenters. The van der Waals surface area contributed by atoms with E-state index in [2.05, 4.69) is 294 Å². The Bertz CT molecular complexity index is 3110. The lowest BCUT2D eigenvalue weighted by Crippen LogP contribution is -2.24. The second-order valence-corrected chi connectivity index (χ2v) is 30.0. The van der Waals surface area contributed by atoms with E-state index >= 15 is 0 Å². The highest BCUT2D eigenvalue weighted by molar-refractivity contribution is 5.23. The third-order valence-corrected chi connectivity index (χ3v) is 15.7. The fourth-order valence-corrected chi connectivity index (χ4v) is 9.36. The Labute approximate surface area is 577 Å². The maximum atomic E-state index is 11.8. The van der Waals surface area contributed by atoms with Crippen LogP contribution in [0.1, 0.15) is 402 Å². The summed E-state index contributed by atoms with van der Waals surface area (Å²) in [5.41, 5.74) is 8.67. The van der Waals surface area contributed by atoms with Gasteiger partial charge in [0.25, 0.3) is 5.56 Å². The highest BCUT2D eigenvalue weighted by Crippen LogP contribution is 2.23. The van der Waals surface area contributed by atoms with Crippen LogP contribution in [0.3, 0.4) is 0 Å². The fraction of sp³-hybridized carbons (Fsp3) is 0.654. The molecule has 8 rings (SSSR count). The number of aromatic amines is 2. The highest BCUT2D eigenvalue weighted by atomic mass is 16.1. The Hall–Kier alpha value is -6.91. The molecule has 17 nitrogen and oxygen atoms in total. The maximum Gasteiger partial charge on any atom is 0.254 e. The van der Waals surface area contributed by atoms with Crippen molar-refractivity contribution in [3.05, 3.63) is 164 Å². The topological polar surface area (TPSA) is 197 Å². The van der Waals surface area contributed by atoms with Gasteiger partial charge in [0.15, 0.2) is 5.82 Å². The van der Waals surface area contributed by atoms with Crippen LogP contribution in [-0.2, 0) is 21.1 Å². The minimum atomic E-state index is 0.146. The van der Waals surface area contributed by atoms with Crippen molar-refractivity contribution in [3.63, 3.8) is 0 Å². The van der Waals surface area contributed by atoms with Crippen molar-refractivity contribution in [1.82, 2.24) is 78.5 Å². The third kappa shape index (κ3) is 29.1. The Morgan fingerprint density at radius 3 is 1.18 bits per heavy atom. The van der Waals surface area contributed by atoms with Crippen molar-refractivity contribution >= 4 is 0 Å². The van der Waals surface area contributed by atoms with Crippen LogP contribution >= 0.6 is 0 Å². The Morgan fingerprint density at radius 1 is 0.400 bits per heavy atom. The molecule has 0 saturated heterocycles. The van der Waals surface area contributed by atoms with Gasteiger partial charge in [0.1, 0.15) is 40.8 Å². The van der Waals surface area contributed by atoms with Crippen molar-refractivity contribution in [3.8, 4) is 0 Å². The van der Waals surface area contributed by atoms with Crippen molar-refractivity contribution in [1.29, 1.82) is 0 Å². The average molecular weight is 1310 g/mol. The lowest BCUT2D eigenvalue weighted by Gasteiger charge is -2.12. The number of hydrogen-bond acceptors (Lipinski definition) is 11. The summed E-state index contributed by atoms with van der Waals surface area (Å²) in [6.45, 7) is 68.4. The van der Waals surface area contributed by atoms with Crippen LogP contribution in [0.15, 0.2) is 72.6 Å². The van der Waals surface area contributed by atoms with Gasteiger partial charge in [-0.3, -0.25) is 14.9 Å². The third-order valence-electron chi connectivity index (χ3n) is 15.7. The van der Waals surface area contributed by atoms with Gasteiger partial charge in [0, 0.05) is 141 Å².